The van der Waals surface area contributed by atoms with Gasteiger partial charge in [0.05, 0.1) is 17.9 Å². The van der Waals surface area contributed by atoms with Crippen molar-refractivity contribution in [3.63, 3.8) is 0 Å². The van der Waals surface area contributed by atoms with Crippen LogP contribution in [0.25, 0.3) is 0 Å². The molecule has 0 saturated carbocycles. The summed E-state index contributed by atoms with van der Waals surface area (Å²) in [5.41, 5.74) is 0. The van der Waals surface area contributed by atoms with E-state index in [1.807, 2.05) is 0 Å². The Hall–Kier alpha value is -1.50. The van der Waals surface area contributed by atoms with Gasteiger partial charge in [-0.15, -0.1) is 0 Å². The fourth-order valence-corrected chi connectivity index (χ4v) is 3.67. The van der Waals surface area contributed by atoms with Crippen molar-refractivity contribution in [2.45, 2.75) is 156 Å². The number of carbonyl (C=O) groups excluding carboxylic acids is 3. The van der Waals surface area contributed by atoms with Gasteiger partial charge in [-0.1, -0.05) is 135 Å². The standard InChI is InChI=1S/3C11H20O2.In/c3*1-2-3-4-5-6-7-8-9-10-11(12)13;/h3*9-10H,2-8H2,1H3,(H,12,13);/q;;;+3/p-3. The molecule has 0 N–H and O–H groups in total. The van der Waals surface area contributed by atoms with Crippen LogP contribution >= 0.6 is 0 Å². The second-order valence-corrected chi connectivity index (χ2v) is 9.83. The Bertz CT molecular complexity index is 543. The van der Waals surface area contributed by atoms with E-state index in [-0.39, 0.29) is 25.8 Å². The van der Waals surface area contributed by atoms with Crippen molar-refractivity contribution >= 4 is 43.8 Å². The van der Waals surface area contributed by atoms with Gasteiger partial charge in [-0.3, -0.25) is 0 Å². The molecule has 0 heterocycles. The maximum Gasteiger partial charge on any atom is 3.00 e. The van der Waals surface area contributed by atoms with E-state index in [1.165, 1.54) is 96.3 Å². The molecule has 7 heteroatoms. The monoisotopic (exact) mass is 664 g/mol. The number of carbonyl (C=O) groups is 3. The van der Waals surface area contributed by atoms with Gasteiger partial charge in [0, 0.05) is 0 Å². The van der Waals surface area contributed by atoms with E-state index >= 15 is 0 Å². The molecule has 0 aliphatic carbocycles. The first-order valence-electron chi connectivity index (χ1n) is 15.4. The maximum atomic E-state index is 9.98. The maximum absolute atomic E-state index is 9.98. The van der Waals surface area contributed by atoms with Crippen molar-refractivity contribution in [2.75, 3.05) is 0 Å². The molecule has 0 spiro atoms. The molecule has 0 aliphatic heterocycles. The molecule has 0 aromatic heterocycles. The predicted octanol–water partition coefficient (Wildman–Crippen LogP) is 5.75. The third-order valence-electron chi connectivity index (χ3n) is 5.93. The van der Waals surface area contributed by atoms with Crippen LogP contribution < -0.4 is 15.3 Å². The topological polar surface area (TPSA) is 120 Å². The van der Waals surface area contributed by atoms with Crippen molar-refractivity contribution in [3.8, 4) is 0 Å². The van der Waals surface area contributed by atoms with E-state index in [9.17, 15) is 29.7 Å². The van der Waals surface area contributed by atoms with Gasteiger partial charge in [0.15, 0.2) is 0 Å². The molecule has 40 heavy (non-hydrogen) atoms. The molecule has 0 fully saturated rings. The van der Waals surface area contributed by atoms with E-state index in [4.69, 9.17) is 0 Å². The Morgan fingerprint density at radius 1 is 0.400 bits per heavy atom. The van der Waals surface area contributed by atoms with Crippen LogP contribution in [-0.2, 0) is 14.4 Å². The second-order valence-electron chi connectivity index (χ2n) is 9.83. The largest absolute Gasteiger partial charge is 3.00 e. The average molecular weight is 665 g/mol. The Labute approximate surface area is 264 Å². The summed E-state index contributed by atoms with van der Waals surface area (Å²) in [5, 5.41) is 29.9. The Morgan fingerprint density at radius 3 is 0.800 bits per heavy atom. The van der Waals surface area contributed by atoms with Gasteiger partial charge < -0.3 is 29.7 Å². The smallest absolute Gasteiger partial charge is 0.545 e. The van der Waals surface area contributed by atoms with Crippen molar-refractivity contribution < 1.29 is 29.7 Å². The minimum Gasteiger partial charge on any atom is -0.545 e. The fourth-order valence-electron chi connectivity index (χ4n) is 3.67. The third-order valence-corrected chi connectivity index (χ3v) is 5.93. The third kappa shape index (κ3) is 56.6. The number of unbranched alkanes of at least 4 members (excludes halogenated alkanes) is 18. The minimum absolute atomic E-state index is 0. The first-order chi connectivity index (χ1) is 18.8. The van der Waals surface area contributed by atoms with Gasteiger partial charge >= 0.3 is 25.8 Å². The van der Waals surface area contributed by atoms with Crippen LogP contribution in [0, 0.1) is 0 Å². The summed E-state index contributed by atoms with van der Waals surface area (Å²) in [7, 11) is 0. The van der Waals surface area contributed by atoms with Crippen LogP contribution in [0.5, 0.6) is 0 Å². The average Bonchev–Trinajstić information content (AvgIpc) is 2.89. The number of carboxylic acids is 3. The molecule has 0 bridgehead atoms. The Kier molecular flexibility index (Phi) is 47.7. The normalized spacial score (nSPS) is 10.6. The first-order valence-corrected chi connectivity index (χ1v) is 15.4. The van der Waals surface area contributed by atoms with E-state index in [2.05, 4.69) is 20.8 Å². The molecular formula is C33H57InO6. The fraction of sp³-hybridized carbons (Fsp3) is 0.727. The number of hydrogen-bond acceptors (Lipinski definition) is 6. The number of aliphatic carboxylic acids is 3. The summed E-state index contributed by atoms with van der Waals surface area (Å²) in [6.45, 7) is 6.59. The number of carboxylic acid groups (broad SMARTS) is 3. The minimum atomic E-state index is -1.09. The molecule has 228 valence electrons. The van der Waals surface area contributed by atoms with Gasteiger partial charge in [-0.25, -0.2) is 0 Å². The SMILES string of the molecule is CCCCCCCCC=CC(=O)[O-].CCCCCCCCC=CC(=O)[O-].CCCCCCCCC=CC(=O)[O-].[In+3]. The molecule has 0 aromatic rings. The molecule has 0 aromatic carbocycles. The molecule has 0 rings (SSSR count). The molecule has 0 amide bonds. The summed E-state index contributed by atoms with van der Waals surface area (Å²) in [6.07, 6.45) is 33.3. The van der Waals surface area contributed by atoms with Crippen molar-refractivity contribution in [2.24, 2.45) is 0 Å². The second kappa shape index (κ2) is 42.0. The van der Waals surface area contributed by atoms with Gasteiger partial charge in [0.2, 0.25) is 0 Å². The Balaban J connectivity index is -0.000000240. The van der Waals surface area contributed by atoms with Crippen molar-refractivity contribution in [1.82, 2.24) is 0 Å². The van der Waals surface area contributed by atoms with Crippen LogP contribution in [-0.4, -0.2) is 43.8 Å². The van der Waals surface area contributed by atoms with E-state index in [1.54, 1.807) is 18.2 Å². The van der Waals surface area contributed by atoms with Crippen LogP contribution in [0.15, 0.2) is 36.5 Å². The molecular weight excluding hydrogens is 607 g/mol. The summed E-state index contributed by atoms with van der Waals surface area (Å²) in [5.74, 6) is -3.28. The van der Waals surface area contributed by atoms with E-state index in [0.717, 1.165) is 56.8 Å². The summed E-state index contributed by atoms with van der Waals surface area (Å²) < 4.78 is 0. The number of allylic oxidation sites excluding steroid dienone is 3. The molecule has 0 aliphatic rings. The zero-order valence-electron chi connectivity index (χ0n) is 25.8. The molecule has 0 atom stereocenters. The summed E-state index contributed by atoms with van der Waals surface area (Å²) >= 11 is 0. The van der Waals surface area contributed by atoms with Crippen molar-refractivity contribution in [3.05, 3.63) is 36.5 Å². The van der Waals surface area contributed by atoms with Crippen LogP contribution in [0.3, 0.4) is 0 Å². The van der Waals surface area contributed by atoms with Crippen LogP contribution in [0.4, 0.5) is 0 Å². The van der Waals surface area contributed by atoms with E-state index < -0.39 is 17.9 Å². The van der Waals surface area contributed by atoms with Crippen LogP contribution in [0.1, 0.15) is 156 Å². The van der Waals surface area contributed by atoms with Gasteiger partial charge in [-0.05, 0) is 56.8 Å². The van der Waals surface area contributed by atoms with E-state index in [0.29, 0.717) is 0 Å². The van der Waals surface area contributed by atoms with Crippen LogP contribution in [0.2, 0.25) is 0 Å². The van der Waals surface area contributed by atoms with Gasteiger partial charge in [0.25, 0.3) is 0 Å². The van der Waals surface area contributed by atoms with Gasteiger partial charge in [-0.2, -0.15) is 0 Å². The summed E-state index contributed by atoms with van der Waals surface area (Å²) in [6, 6.07) is 0. The molecule has 0 radical (unpaired) electrons. The Morgan fingerprint density at radius 2 is 0.600 bits per heavy atom. The zero-order valence-corrected chi connectivity index (χ0v) is 29.1. The number of rotatable bonds is 24. The summed E-state index contributed by atoms with van der Waals surface area (Å²) in [4.78, 5) is 29.9. The van der Waals surface area contributed by atoms with Crippen molar-refractivity contribution in [1.29, 1.82) is 0 Å². The molecule has 0 saturated heterocycles. The first kappa shape index (κ1) is 45.5. The molecule has 0 unspecified atom stereocenters. The predicted molar refractivity (Wildman–Crippen MR) is 162 cm³/mol. The quantitative estimate of drug-likeness (QED) is 0.0958. The molecule has 6 nitrogen and oxygen atoms in total. The zero-order chi connectivity index (χ0) is 29.8. The number of hydrogen-bond donors (Lipinski definition) is 0. The van der Waals surface area contributed by atoms with Gasteiger partial charge in [0.1, 0.15) is 0 Å².